The zero-order chi connectivity index (χ0) is 12.2. The van der Waals surface area contributed by atoms with Crippen LogP contribution in [0.2, 0.25) is 0 Å². The summed E-state index contributed by atoms with van der Waals surface area (Å²) in [6, 6.07) is 0.172. The zero-order valence-corrected chi connectivity index (χ0v) is 10.3. The van der Waals surface area contributed by atoms with Gasteiger partial charge in [-0.2, -0.15) is 13.2 Å². The van der Waals surface area contributed by atoms with E-state index >= 15 is 0 Å². The summed E-state index contributed by atoms with van der Waals surface area (Å²) in [5, 5.41) is 5.01. The van der Waals surface area contributed by atoms with Crippen LogP contribution in [-0.4, -0.2) is 55.7 Å². The Balaban J connectivity index is 0.00000256. The summed E-state index contributed by atoms with van der Waals surface area (Å²) in [7, 11) is 0. The van der Waals surface area contributed by atoms with Crippen LogP contribution in [-0.2, 0) is 4.79 Å². The Morgan fingerprint density at radius 3 is 2.71 bits per heavy atom. The number of nitrogens with one attached hydrogen (secondary N) is 2. The van der Waals surface area contributed by atoms with Gasteiger partial charge in [-0.1, -0.05) is 0 Å². The molecule has 17 heavy (non-hydrogen) atoms. The monoisotopic (exact) mass is 275 g/mol. The molecule has 0 aliphatic carbocycles. The van der Waals surface area contributed by atoms with Crippen LogP contribution in [0.1, 0.15) is 6.92 Å². The van der Waals surface area contributed by atoms with Crippen molar-refractivity contribution in [3.63, 3.8) is 0 Å². The average Bonchev–Trinajstić information content (AvgIpc) is 2.18. The Morgan fingerprint density at radius 1 is 1.53 bits per heavy atom. The lowest BCUT2D eigenvalue weighted by Gasteiger charge is -2.33. The minimum atomic E-state index is -4.34. The van der Waals surface area contributed by atoms with Crippen molar-refractivity contribution in [2.24, 2.45) is 0 Å². The summed E-state index contributed by atoms with van der Waals surface area (Å²) in [6.07, 6.45) is -4.34. The third-order valence-corrected chi connectivity index (χ3v) is 2.47. The number of carbonyl (C=O) groups excluding carboxylic acids is 1. The van der Waals surface area contributed by atoms with Gasteiger partial charge in [0, 0.05) is 25.7 Å². The predicted molar refractivity (Wildman–Crippen MR) is 60.2 cm³/mol. The highest BCUT2D eigenvalue weighted by Gasteiger charge is 2.28. The van der Waals surface area contributed by atoms with Gasteiger partial charge >= 0.3 is 6.18 Å². The Morgan fingerprint density at radius 2 is 2.18 bits per heavy atom. The highest BCUT2D eigenvalue weighted by Crippen LogP contribution is 2.12. The van der Waals surface area contributed by atoms with Gasteiger partial charge in [0.05, 0.1) is 6.54 Å². The third kappa shape index (κ3) is 6.70. The first kappa shape index (κ1) is 16.5. The normalized spacial score (nSPS) is 21.8. The number of nitrogens with zero attached hydrogens (tertiary/aromatic N) is 1. The molecule has 0 spiro atoms. The quantitative estimate of drug-likeness (QED) is 0.783. The van der Waals surface area contributed by atoms with E-state index in [0.29, 0.717) is 6.54 Å². The molecule has 0 aromatic carbocycles. The molecule has 8 heteroatoms. The third-order valence-electron chi connectivity index (χ3n) is 2.47. The van der Waals surface area contributed by atoms with Crippen molar-refractivity contribution in [1.29, 1.82) is 0 Å². The van der Waals surface area contributed by atoms with Gasteiger partial charge in [-0.15, -0.1) is 12.4 Å². The Bertz CT molecular complexity index is 250. The minimum absolute atomic E-state index is 0. The molecule has 1 aliphatic heterocycles. The molecule has 0 aromatic heterocycles. The largest absolute Gasteiger partial charge is 0.405 e. The summed E-state index contributed by atoms with van der Waals surface area (Å²) in [5.41, 5.74) is 0. The van der Waals surface area contributed by atoms with E-state index in [1.165, 1.54) is 0 Å². The van der Waals surface area contributed by atoms with Crippen molar-refractivity contribution >= 4 is 18.3 Å². The van der Waals surface area contributed by atoms with Crippen LogP contribution in [0, 0.1) is 0 Å². The zero-order valence-electron chi connectivity index (χ0n) is 9.51. The summed E-state index contributed by atoms with van der Waals surface area (Å²) in [6.45, 7) is 2.90. The molecule has 1 amide bonds. The number of amides is 1. The number of piperazine rings is 1. The van der Waals surface area contributed by atoms with Crippen LogP contribution in [0.4, 0.5) is 13.2 Å². The molecule has 0 saturated carbocycles. The van der Waals surface area contributed by atoms with Crippen molar-refractivity contribution in [3.8, 4) is 0 Å². The fourth-order valence-electron chi connectivity index (χ4n) is 1.56. The number of alkyl halides is 3. The molecule has 1 fully saturated rings. The number of hydrogen-bond acceptors (Lipinski definition) is 3. The molecule has 0 aromatic rings. The smallest absolute Gasteiger partial charge is 0.346 e. The van der Waals surface area contributed by atoms with E-state index in [2.05, 4.69) is 5.32 Å². The first-order chi connectivity index (χ1) is 7.38. The number of halogens is 4. The van der Waals surface area contributed by atoms with Crippen LogP contribution in [0.15, 0.2) is 0 Å². The Hall–Kier alpha value is -0.530. The average molecular weight is 276 g/mol. The van der Waals surface area contributed by atoms with Crippen LogP contribution in [0.3, 0.4) is 0 Å². The van der Waals surface area contributed by atoms with Crippen LogP contribution < -0.4 is 10.6 Å². The van der Waals surface area contributed by atoms with Crippen molar-refractivity contribution in [2.75, 3.05) is 32.7 Å². The molecule has 0 radical (unpaired) electrons. The molecule has 1 aliphatic rings. The maximum atomic E-state index is 11.8. The second-order valence-electron chi connectivity index (χ2n) is 3.92. The molecule has 0 bridgehead atoms. The molecule has 2 N–H and O–H groups in total. The molecule has 102 valence electrons. The molecule has 1 saturated heterocycles. The van der Waals surface area contributed by atoms with E-state index in [9.17, 15) is 18.0 Å². The topological polar surface area (TPSA) is 44.4 Å². The fourth-order valence-corrected chi connectivity index (χ4v) is 1.56. The van der Waals surface area contributed by atoms with E-state index < -0.39 is 18.6 Å². The summed E-state index contributed by atoms with van der Waals surface area (Å²) < 4.78 is 35.5. The van der Waals surface area contributed by atoms with Gasteiger partial charge in [-0.05, 0) is 6.92 Å². The van der Waals surface area contributed by atoms with Crippen molar-refractivity contribution < 1.29 is 18.0 Å². The first-order valence-electron chi connectivity index (χ1n) is 5.17. The molecular formula is C9H17ClF3N3O. The minimum Gasteiger partial charge on any atom is -0.346 e. The highest BCUT2D eigenvalue weighted by molar-refractivity contribution is 5.85. The second kappa shape index (κ2) is 7.03. The van der Waals surface area contributed by atoms with E-state index in [1.54, 1.807) is 0 Å². The van der Waals surface area contributed by atoms with Crippen molar-refractivity contribution in [2.45, 2.75) is 19.1 Å². The fraction of sp³-hybridized carbons (Fsp3) is 0.889. The van der Waals surface area contributed by atoms with Crippen molar-refractivity contribution in [1.82, 2.24) is 15.5 Å². The van der Waals surface area contributed by atoms with Gasteiger partial charge in [0.25, 0.3) is 0 Å². The van der Waals surface area contributed by atoms with Crippen molar-refractivity contribution in [3.05, 3.63) is 0 Å². The van der Waals surface area contributed by atoms with E-state index in [4.69, 9.17) is 0 Å². The number of hydrogen-bond donors (Lipinski definition) is 2. The summed E-state index contributed by atoms with van der Waals surface area (Å²) in [5.74, 6) is -0.578. The lowest BCUT2D eigenvalue weighted by molar-refractivity contribution is -0.139. The van der Waals surface area contributed by atoms with Gasteiger partial charge < -0.3 is 10.6 Å². The van der Waals surface area contributed by atoms with E-state index in [-0.39, 0.29) is 25.0 Å². The van der Waals surface area contributed by atoms with Gasteiger partial charge in [0.2, 0.25) is 5.91 Å². The molecule has 0 unspecified atom stereocenters. The van der Waals surface area contributed by atoms with Crippen LogP contribution in [0.5, 0.6) is 0 Å². The Kier molecular flexibility index (Phi) is 6.81. The van der Waals surface area contributed by atoms with E-state index in [0.717, 1.165) is 13.1 Å². The SMILES string of the molecule is C[C@H]1CNCCN1CC(=O)NCC(F)(F)F.Cl. The molecule has 1 heterocycles. The van der Waals surface area contributed by atoms with Crippen LogP contribution in [0.25, 0.3) is 0 Å². The predicted octanol–water partition coefficient (Wildman–Crippen LogP) is 0.380. The standard InChI is InChI=1S/C9H16F3N3O.ClH/c1-7-4-13-2-3-15(7)5-8(16)14-6-9(10,11)12;/h7,13H,2-6H2,1H3,(H,14,16);1H/t7-;/m0./s1. The van der Waals surface area contributed by atoms with Gasteiger partial charge in [0.15, 0.2) is 0 Å². The van der Waals surface area contributed by atoms with Gasteiger partial charge in [-0.3, -0.25) is 9.69 Å². The maximum Gasteiger partial charge on any atom is 0.405 e. The lowest BCUT2D eigenvalue weighted by Crippen LogP contribution is -2.53. The molecule has 1 atom stereocenters. The molecule has 4 nitrogen and oxygen atoms in total. The second-order valence-corrected chi connectivity index (χ2v) is 3.92. The van der Waals surface area contributed by atoms with E-state index in [1.807, 2.05) is 17.1 Å². The lowest BCUT2D eigenvalue weighted by atomic mass is 10.2. The number of carbonyl (C=O) groups is 1. The Labute approximate surface area is 104 Å². The number of rotatable bonds is 3. The highest BCUT2D eigenvalue weighted by atomic mass is 35.5. The summed E-state index contributed by atoms with van der Waals surface area (Å²) >= 11 is 0. The van der Waals surface area contributed by atoms with Gasteiger partial charge in [-0.25, -0.2) is 0 Å². The maximum absolute atomic E-state index is 11.8. The summed E-state index contributed by atoms with van der Waals surface area (Å²) in [4.78, 5) is 13.1. The first-order valence-corrected chi connectivity index (χ1v) is 5.17. The van der Waals surface area contributed by atoms with Crippen LogP contribution >= 0.6 is 12.4 Å². The van der Waals surface area contributed by atoms with Gasteiger partial charge in [0.1, 0.15) is 6.54 Å². The molecule has 1 rings (SSSR count). The molecular weight excluding hydrogens is 259 g/mol.